The number of nitrogens with one attached hydrogen (secondary N) is 1. The summed E-state index contributed by atoms with van der Waals surface area (Å²) < 4.78 is 0. The molecular weight excluding hydrogens is 206 g/mol. The SMILES string of the molecule is C=CCC(C)NC1CC(c2ccc(C)cc2)C1. The third-order valence-corrected chi connectivity index (χ3v) is 3.73. The second kappa shape index (κ2) is 5.50. The zero-order valence-electron chi connectivity index (χ0n) is 10.9. The molecule has 17 heavy (non-hydrogen) atoms. The fraction of sp³-hybridized carbons (Fsp3) is 0.500. The minimum absolute atomic E-state index is 0.566. The number of hydrogen-bond donors (Lipinski definition) is 1. The number of rotatable bonds is 5. The van der Waals surface area contributed by atoms with Gasteiger partial charge in [-0.1, -0.05) is 35.9 Å². The van der Waals surface area contributed by atoms with Crippen LogP contribution >= 0.6 is 0 Å². The summed E-state index contributed by atoms with van der Waals surface area (Å²) in [7, 11) is 0. The first-order valence-corrected chi connectivity index (χ1v) is 6.62. The van der Waals surface area contributed by atoms with Gasteiger partial charge >= 0.3 is 0 Å². The van der Waals surface area contributed by atoms with E-state index < -0.39 is 0 Å². The highest BCUT2D eigenvalue weighted by Gasteiger charge is 2.30. The lowest BCUT2D eigenvalue weighted by Crippen LogP contribution is -2.44. The maximum atomic E-state index is 3.78. The van der Waals surface area contributed by atoms with E-state index in [0.29, 0.717) is 12.1 Å². The highest BCUT2D eigenvalue weighted by molar-refractivity contribution is 5.26. The Hall–Kier alpha value is -1.08. The molecular formula is C16H23N. The largest absolute Gasteiger partial charge is 0.311 e. The van der Waals surface area contributed by atoms with Crippen LogP contribution in [0.1, 0.15) is 43.2 Å². The smallest absolute Gasteiger partial charge is 0.00813 e. The molecule has 1 N–H and O–H groups in total. The summed E-state index contributed by atoms with van der Waals surface area (Å²) in [5.41, 5.74) is 2.85. The van der Waals surface area contributed by atoms with Gasteiger partial charge in [0.2, 0.25) is 0 Å². The molecule has 1 nitrogen and oxygen atoms in total. The first-order valence-electron chi connectivity index (χ1n) is 6.62. The lowest BCUT2D eigenvalue weighted by Gasteiger charge is -2.38. The highest BCUT2D eigenvalue weighted by atomic mass is 15.0. The Morgan fingerprint density at radius 3 is 2.59 bits per heavy atom. The van der Waals surface area contributed by atoms with Crippen LogP contribution in [-0.4, -0.2) is 12.1 Å². The van der Waals surface area contributed by atoms with Crippen molar-refractivity contribution in [1.82, 2.24) is 5.32 Å². The van der Waals surface area contributed by atoms with E-state index in [1.807, 2.05) is 6.08 Å². The standard InChI is InChI=1S/C16H23N/c1-4-5-13(3)17-16-10-15(11-16)14-8-6-12(2)7-9-14/h4,6-9,13,15-17H,1,5,10-11H2,2-3H3. The molecule has 1 aliphatic carbocycles. The molecule has 0 saturated heterocycles. The van der Waals surface area contributed by atoms with Crippen LogP contribution in [0.5, 0.6) is 0 Å². The average Bonchev–Trinajstić information content (AvgIpc) is 2.25. The Morgan fingerprint density at radius 2 is 2.00 bits per heavy atom. The summed E-state index contributed by atoms with van der Waals surface area (Å²) in [6, 6.07) is 10.3. The van der Waals surface area contributed by atoms with Gasteiger partial charge in [0.15, 0.2) is 0 Å². The molecule has 1 heteroatoms. The van der Waals surface area contributed by atoms with Gasteiger partial charge in [-0.15, -0.1) is 6.58 Å². The van der Waals surface area contributed by atoms with Crippen molar-refractivity contribution in [3.05, 3.63) is 48.0 Å². The maximum absolute atomic E-state index is 3.78. The third kappa shape index (κ3) is 3.19. The summed E-state index contributed by atoms with van der Waals surface area (Å²) in [6.45, 7) is 8.16. The van der Waals surface area contributed by atoms with Crippen LogP contribution in [0.3, 0.4) is 0 Å². The van der Waals surface area contributed by atoms with Crippen molar-refractivity contribution in [2.24, 2.45) is 0 Å². The van der Waals surface area contributed by atoms with E-state index in [0.717, 1.165) is 12.3 Å². The van der Waals surface area contributed by atoms with Gasteiger partial charge < -0.3 is 5.32 Å². The Morgan fingerprint density at radius 1 is 1.35 bits per heavy atom. The van der Waals surface area contributed by atoms with Crippen LogP contribution < -0.4 is 5.32 Å². The van der Waals surface area contributed by atoms with Gasteiger partial charge in [-0.05, 0) is 44.6 Å². The molecule has 92 valence electrons. The first-order chi connectivity index (χ1) is 8.19. The van der Waals surface area contributed by atoms with Crippen molar-refractivity contribution < 1.29 is 0 Å². The monoisotopic (exact) mass is 229 g/mol. The second-order valence-corrected chi connectivity index (χ2v) is 5.37. The molecule has 0 spiro atoms. The quantitative estimate of drug-likeness (QED) is 0.757. The second-order valence-electron chi connectivity index (χ2n) is 5.37. The maximum Gasteiger partial charge on any atom is 0.00813 e. The van der Waals surface area contributed by atoms with Crippen LogP contribution in [0.25, 0.3) is 0 Å². The first kappa shape index (κ1) is 12.4. The molecule has 1 aliphatic rings. The van der Waals surface area contributed by atoms with Crippen molar-refractivity contribution in [1.29, 1.82) is 0 Å². The lowest BCUT2D eigenvalue weighted by atomic mass is 9.75. The minimum Gasteiger partial charge on any atom is -0.311 e. The van der Waals surface area contributed by atoms with Gasteiger partial charge in [-0.25, -0.2) is 0 Å². The van der Waals surface area contributed by atoms with Gasteiger partial charge in [-0.2, -0.15) is 0 Å². The summed E-state index contributed by atoms with van der Waals surface area (Å²) in [5.74, 6) is 0.768. The van der Waals surface area contributed by atoms with Crippen LogP contribution in [-0.2, 0) is 0 Å². The van der Waals surface area contributed by atoms with Crippen LogP contribution in [0.2, 0.25) is 0 Å². The van der Waals surface area contributed by atoms with Crippen molar-refractivity contribution in [3.63, 3.8) is 0 Å². The topological polar surface area (TPSA) is 12.0 Å². The zero-order chi connectivity index (χ0) is 12.3. The van der Waals surface area contributed by atoms with Crippen molar-refractivity contribution in [2.75, 3.05) is 0 Å². The van der Waals surface area contributed by atoms with Gasteiger partial charge in [0.25, 0.3) is 0 Å². The molecule has 1 aromatic carbocycles. The summed E-state index contributed by atoms with van der Waals surface area (Å²) >= 11 is 0. The van der Waals surface area contributed by atoms with E-state index in [1.165, 1.54) is 24.0 Å². The third-order valence-electron chi connectivity index (χ3n) is 3.73. The molecule has 0 aliphatic heterocycles. The molecule has 0 bridgehead atoms. The molecule has 0 heterocycles. The van der Waals surface area contributed by atoms with E-state index in [-0.39, 0.29) is 0 Å². The Balaban J connectivity index is 1.78. The van der Waals surface area contributed by atoms with Crippen molar-refractivity contribution >= 4 is 0 Å². The summed E-state index contributed by atoms with van der Waals surface area (Å²) in [5, 5.41) is 3.66. The number of benzene rings is 1. The Kier molecular flexibility index (Phi) is 4.01. The van der Waals surface area contributed by atoms with E-state index in [2.05, 4.69) is 50.0 Å². The van der Waals surface area contributed by atoms with Gasteiger partial charge in [-0.3, -0.25) is 0 Å². The normalized spacial score (nSPS) is 25.1. The minimum atomic E-state index is 0.566. The number of aryl methyl sites for hydroxylation is 1. The molecule has 2 rings (SSSR count). The average molecular weight is 229 g/mol. The van der Waals surface area contributed by atoms with E-state index in [9.17, 15) is 0 Å². The van der Waals surface area contributed by atoms with Crippen LogP contribution in [0.15, 0.2) is 36.9 Å². The molecule has 0 aromatic heterocycles. The highest BCUT2D eigenvalue weighted by Crippen LogP contribution is 2.37. The zero-order valence-corrected chi connectivity index (χ0v) is 10.9. The molecule has 1 fully saturated rings. The van der Waals surface area contributed by atoms with E-state index in [4.69, 9.17) is 0 Å². The van der Waals surface area contributed by atoms with Gasteiger partial charge in [0.1, 0.15) is 0 Å². The fourth-order valence-corrected chi connectivity index (χ4v) is 2.59. The van der Waals surface area contributed by atoms with E-state index in [1.54, 1.807) is 0 Å². The predicted octanol–water partition coefficient (Wildman–Crippen LogP) is 3.80. The van der Waals surface area contributed by atoms with Gasteiger partial charge in [0.05, 0.1) is 0 Å². The van der Waals surface area contributed by atoms with Gasteiger partial charge in [0, 0.05) is 12.1 Å². The summed E-state index contributed by atoms with van der Waals surface area (Å²) in [6.07, 6.45) is 5.62. The lowest BCUT2D eigenvalue weighted by molar-refractivity contribution is 0.270. The molecule has 1 atom stereocenters. The Labute approximate surface area is 105 Å². The van der Waals surface area contributed by atoms with Crippen molar-refractivity contribution in [3.8, 4) is 0 Å². The van der Waals surface area contributed by atoms with E-state index >= 15 is 0 Å². The van der Waals surface area contributed by atoms with Crippen molar-refractivity contribution in [2.45, 2.75) is 51.1 Å². The summed E-state index contributed by atoms with van der Waals surface area (Å²) in [4.78, 5) is 0. The van der Waals surface area contributed by atoms with Crippen LogP contribution in [0, 0.1) is 6.92 Å². The molecule has 1 unspecified atom stereocenters. The molecule has 1 aromatic rings. The predicted molar refractivity (Wildman–Crippen MR) is 74.4 cm³/mol. The number of hydrogen-bond acceptors (Lipinski definition) is 1. The Bertz CT molecular complexity index is 360. The molecule has 0 radical (unpaired) electrons. The molecule has 1 saturated carbocycles. The fourth-order valence-electron chi connectivity index (χ4n) is 2.59. The molecule has 0 amide bonds. The van der Waals surface area contributed by atoms with Crippen LogP contribution in [0.4, 0.5) is 0 Å².